The number of fused-ring (bicyclic) bond motifs is 1. The van der Waals surface area contributed by atoms with E-state index in [2.05, 4.69) is 27.1 Å². The zero-order valence-electron chi connectivity index (χ0n) is 25.7. The number of carbonyl (C=O) groups is 2. The maximum absolute atomic E-state index is 15.3. The molecule has 0 spiro atoms. The molecule has 4 heterocycles. The van der Waals surface area contributed by atoms with Crippen LogP contribution in [0.15, 0.2) is 65.7 Å². The molecular formula is C32H36ClFN6O5S. The van der Waals surface area contributed by atoms with E-state index < -0.39 is 33.3 Å². The van der Waals surface area contributed by atoms with Crippen LogP contribution in [0.2, 0.25) is 5.02 Å². The number of rotatable bonds is 7. The highest BCUT2D eigenvalue weighted by Gasteiger charge is 2.59. The smallest absolute Gasteiger partial charge is 0.318 e. The largest absolute Gasteiger partial charge is 0.478 e. The summed E-state index contributed by atoms with van der Waals surface area (Å²) in [7, 11) is -2.45. The number of nitrogens with zero attached hydrogens (tertiary/aromatic N) is 5. The summed E-state index contributed by atoms with van der Waals surface area (Å²) in [5.41, 5.74) is -2.43. The number of urea groups is 1. The molecule has 2 fully saturated rings. The summed E-state index contributed by atoms with van der Waals surface area (Å²) in [6.45, 7) is 6.63. The van der Waals surface area contributed by atoms with E-state index in [1.165, 1.54) is 36.5 Å². The zero-order valence-corrected chi connectivity index (χ0v) is 27.2. The molecule has 0 bridgehead atoms. The predicted molar refractivity (Wildman–Crippen MR) is 171 cm³/mol. The number of benzene rings is 2. The van der Waals surface area contributed by atoms with Gasteiger partial charge in [-0.1, -0.05) is 29.8 Å². The third-order valence-corrected chi connectivity index (χ3v) is 11.0. The van der Waals surface area contributed by atoms with Crippen LogP contribution in [0.1, 0.15) is 30.9 Å². The molecule has 14 heteroatoms. The van der Waals surface area contributed by atoms with Gasteiger partial charge in [-0.25, -0.2) is 22.6 Å². The van der Waals surface area contributed by atoms with Crippen molar-refractivity contribution >= 4 is 39.2 Å². The van der Waals surface area contributed by atoms with Crippen molar-refractivity contribution in [3.05, 3.63) is 82.8 Å². The van der Waals surface area contributed by atoms with Gasteiger partial charge in [0.2, 0.25) is 5.88 Å². The molecule has 2 aromatic carbocycles. The summed E-state index contributed by atoms with van der Waals surface area (Å²) in [5.74, 6) is -1.93. The monoisotopic (exact) mass is 670 g/mol. The number of sulfonamides is 1. The first-order valence-corrected chi connectivity index (χ1v) is 17.1. The Balaban J connectivity index is 1.43. The minimum absolute atomic E-state index is 0.00677. The van der Waals surface area contributed by atoms with Gasteiger partial charge < -0.3 is 19.9 Å². The van der Waals surface area contributed by atoms with Crippen molar-refractivity contribution in [2.45, 2.75) is 36.2 Å². The summed E-state index contributed by atoms with van der Waals surface area (Å²) < 4.78 is 49.9. The summed E-state index contributed by atoms with van der Waals surface area (Å²) in [6.07, 6.45) is 2.93. The molecule has 2 saturated heterocycles. The minimum atomic E-state index is -4.55. The molecule has 11 nitrogen and oxygen atoms in total. The number of likely N-dealkylation sites (tertiary alicyclic amines) is 1. The van der Waals surface area contributed by atoms with Crippen molar-refractivity contribution in [1.29, 1.82) is 0 Å². The molecule has 46 heavy (non-hydrogen) atoms. The van der Waals surface area contributed by atoms with Crippen LogP contribution in [0, 0.1) is 5.82 Å². The third kappa shape index (κ3) is 5.59. The van der Waals surface area contributed by atoms with E-state index in [1.54, 1.807) is 24.0 Å². The number of aromatic nitrogens is 1. The molecule has 6 rings (SSSR count). The highest BCUT2D eigenvalue weighted by molar-refractivity contribution is 7.93. The normalized spacial score (nSPS) is 21.3. The van der Waals surface area contributed by atoms with Crippen molar-refractivity contribution in [3.8, 4) is 5.88 Å². The number of piperazine rings is 1. The molecule has 3 aromatic rings. The van der Waals surface area contributed by atoms with Gasteiger partial charge in [0.05, 0.1) is 27.8 Å². The van der Waals surface area contributed by atoms with E-state index in [-0.39, 0.29) is 39.2 Å². The average Bonchev–Trinajstić information content (AvgIpc) is 3.29. The number of hydrogen-bond acceptors (Lipinski definition) is 8. The lowest BCUT2D eigenvalue weighted by Gasteiger charge is -2.42. The van der Waals surface area contributed by atoms with E-state index in [0.29, 0.717) is 23.4 Å². The first-order valence-electron chi connectivity index (χ1n) is 15.3. The van der Waals surface area contributed by atoms with Gasteiger partial charge in [-0.05, 0) is 63.2 Å². The lowest BCUT2D eigenvalue weighted by Crippen LogP contribution is -2.59. The fourth-order valence-electron chi connectivity index (χ4n) is 6.56. The Labute approximate surface area is 272 Å². The molecule has 1 aromatic heterocycles. The summed E-state index contributed by atoms with van der Waals surface area (Å²) >= 11 is 6.19. The second-order valence-electron chi connectivity index (χ2n) is 11.7. The molecule has 1 unspecified atom stereocenters. The van der Waals surface area contributed by atoms with Crippen LogP contribution in [-0.4, -0.2) is 99.0 Å². The van der Waals surface area contributed by atoms with Crippen molar-refractivity contribution in [3.63, 3.8) is 0 Å². The summed E-state index contributed by atoms with van der Waals surface area (Å²) in [6, 6.07) is 12.3. The Bertz CT molecular complexity index is 1730. The van der Waals surface area contributed by atoms with Crippen LogP contribution < -0.4 is 14.4 Å². The summed E-state index contributed by atoms with van der Waals surface area (Å²) in [4.78, 5) is 39.5. The quantitative estimate of drug-likeness (QED) is 0.405. The van der Waals surface area contributed by atoms with Crippen LogP contribution in [-0.2, 0) is 20.4 Å². The fourth-order valence-corrected chi connectivity index (χ4v) is 8.19. The topological polar surface area (TPSA) is 115 Å². The van der Waals surface area contributed by atoms with Crippen LogP contribution in [0.4, 0.5) is 14.9 Å². The molecule has 3 amide bonds. The Morgan fingerprint density at radius 2 is 1.74 bits per heavy atom. The molecular weight excluding hydrogens is 635 g/mol. The second-order valence-corrected chi connectivity index (χ2v) is 13.9. The van der Waals surface area contributed by atoms with E-state index >= 15 is 4.39 Å². The van der Waals surface area contributed by atoms with Gasteiger partial charge in [-0.2, -0.15) is 4.31 Å². The maximum atomic E-state index is 15.3. The molecule has 1 N–H and O–H groups in total. The number of anilines is 1. The average molecular weight is 671 g/mol. The fraction of sp³-hybridized carbons (Fsp3) is 0.406. The molecule has 1 atom stereocenters. The number of hydrogen-bond donors (Lipinski definition) is 1. The first kappa shape index (κ1) is 32.2. The number of likely N-dealkylation sites (N-methyl/N-ethyl adjacent to an activating group) is 1. The van der Waals surface area contributed by atoms with E-state index in [4.69, 9.17) is 16.3 Å². The molecule has 3 aliphatic heterocycles. The van der Waals surface area contributed by atoms with Crippen molar-refractivity contribution in [1.82, 2.24) is 25.0 Å². The Hall–Kier alpha value is -3.78. The standard InChI is InChI=1S/C32H36ClFN6O5S/c1-3-45-29-24(10-7-13-35-29)32(36-31(42)39-14-11-22(12-15-39)38-18-16-37(2)17-19-38)25-20-27(34)26(33)21-28(25)40(30(32)41)46(43,44)23-8-5-4-6-9-23/h4-10,13,20-22H,3,11-12,14-19H2,1-2H3,(H,36,42). The lowest BCUT2D eigenvalue weighted by molar-refractivity contribution is -0.121. The van der Waals surface area contributed by atoms with Gasteiger partial charge in [0, 0.05) is 57.1 Å². The Kier molecular flexibility index (Phi) is 8.94. The molecule has 0 radical (unpaired) electrons. The Morgan fingerprint density at radius 3 is 2.41 bits per heavy atom. The number of piperidine rings is 1. The predicted octanol–water partition coefficient (Wildman–Crippen LogP) is 3.67. The SMILES string of the molecule is CCOc1ncccc1C1(NC(=O)N2CCC(N3CCN(C)CC3)CC2)C(=O)N(S(=O)(=O)c2ccccc2)c2cc(Cl)c(F)cc21. The van der Waals surface area contributed by atoms with Crippen molar-refractivity contribution in [2.75, 3.05) is 57.2 Å². The molecule has 3 aliphatic rings. The molecule has 0 aliphatic carbocycles. The number of ether oxygens (including phenoxy) is 1. The van der Waals surface area contributed by atoms with Crippen LogP contribution in [0.25, 0.3) is 0 Å². The van der Waals surface area contributed by atoms with Gasteiger partial charge >= 0.3 is 6.03 Å². The van der Waals surface area contributed by atoms with Crippen LogP contribution >= 0.6 is 11.6 Å². The highest BCUT2D eigenvalue weighted by Crippen LogP contribution is 2.50. The van der Waals surface area contributed by atoms with Gasteiger partial charge in [0.25, 0.3) is 15.9 Å². The number of nitrogens with one attached hydrogen (secondary N) is 1. The van der Waals surface area contributed by atoms with E-state index in [1.807, 2.05) is 0 Å². The van der Waals surface area contributed by atoms with Gasteiger partial charge in [0.1, 0.15) is 5.82 Å². The van der Waals surface area contributed by atoms with E-state index in [0.717, 1.165) is 51.2 Å². The number of pyridine rings is 1. The third-order valence-electron chi connectivity index (χ3n) is 9.00. The van der Waals surface area contributed by atoms with Crippen LogP contribution in [0.5, 0.6) is 5.88 Å². The lowest BCUT2D eigenvalue weighted by atomic mass is 9.84. The van der Waals surface area contributed by atoms with E-state index in [9.17, 15) is 18.0 Å². The van der Waals surface area contributed by atoms with Gasteiger partial charge in [0.15, 0.2) is 5.54 Å². The Morgan fingerprint density at radius 1 is 1.04 bits per heavy atom. The number of carbonyl (C=O) groups excluding carboxylic acids is 2. The van der Waals surface area contributed by atoms with Gasteiger partial charge in [-0.3, -0.25) is 9.69 Å². The number of amides is 3. The zero-order chi connectivity index (χ0) is 32.6. The first-order chi connectivity index (χ1) is 22.1. The van der Waals surface area contributed by atoms with Gasteiger partial charge in [-0.15, -0.1) is 0 Å². The van der Waals surface area contributed by atoms with Crippen molar-refractivity contribution in [2.24, 2.45) is 0 Å². The molecule has 0 saturated carbocycles. The molecule has 244 valence electrons. The van der Waals surface area contributed by atoms with Crippen molar-refractivity contribution < 1.29 is 27.1 Å². The van der Waals surface area contributed by atoms with Crippen LogP contribution in [0.3, 0.4) is 0 Å². The highest BCUT2D eigenvalue weighted by atomic mass is 35.5. The second kappa shape index (κ2) is 12.8. The number of halogens is 2. The maximum Gasteiger partial charge on any atom is 0.318 e. The summed E-state index contributed by atoms with van der Waals surface area (Å²) in [5, 5.41) is 2.48. The minimum Gasteiger partial charge on any atom is -0.478 e.